The van der Waals surface area contributed by atoms with Gasteiger partial charge in [-0.05, 0) is 43.2 Å². The number of hydrazone groups is 1. The fraction of sp³-hybridized carbons (Fsp3) is 0.462. The molecule has 37 heavy (non-hydrogen) atoms. The highest BCUT2D eigenvalue weighted by Crippen LogP contribution is 2.34. The lowest BCUT2D eigenvalue weighted by Gasteiger charge is -2.36. The summed E-state index contributed by atoms with van der Waals surface area (Å²) in [7, 11) is 5.04. The number of ether oxygens (including phenoxy) is 1. The quantitative estimate of drug-likeness (QED) is 0.330. The highest BCUT2D eigenvalue weighted by atomic mass is 19.3. The maximum absolute atomic E-state index is 12.6. The van der Waals surface area contributed by atoms with E-state index in [1.807, 2.05) is 35.2 Å². The van der Waals surface area contributed by atoms with Gasteiger partial charge >= 0.3 is 0 Å². The van der Waals surface area contributed by atoms with Crippen molar-refractivity contribution < 1.29 is 28.5 Å². The number of amides is 1. The molecule has 2 heterocycles. The summed E-state index contributed by atoms with van der Waals surface area (Å²) >= 11 is 0. The van der Waals surface area contributed by atoms with Crippen molar-refractivity contribution in [1.82, 2.24) is 15.2 Å². The zero-order valence-corrected chi connectivity index (χ0v) is 21.7. The minimum atomic E-state index is -2.29. The second-order valence-electron chi connectivity index (χ2n) is 8.96. The molecule has 0 saturated carbocycles. The van der Waals surface area contributed by atoms with Gasteiger partial charge in [0, 0.05) is 63.1 Å². The number of rotatable bonds is 7. The van der Waals surface area contributed by atoms with Crippen molar-refractivity contribution in [3.63, 3.8) is 0 Å². The van der Waals surface area contributed by atoms with Crippen LogP contribution in [0, 0.1) is 0 Å². The summed E-state index contributed by atoms with van der Waals surface area (Å²) in [6, 6.07) is 12.0. The molecule has 1 unspecified atom stereocenters. The van der Waals surface area contributed by atoms with Crippen LogP contribution in [0.4, 0.5) is 14.5 Å². The highest BCUT2D eigenvalue weighted by Gasteiger charge is 2.25. The molecular weight excluding hydrogens is 484 g/mol. The third-order valence-corrected chi connectivity index (χ3v) is 6.55. The van der Waals surface area contributed by atoms with Crippen molar-refractivity contribution in [1.29, 1.82) is 0 Å². The molecule has 0 radical (unpaired) electrons. The number of alkyl halides is 2. The summed E-state index contributed by atoms with van der Waals surface area (Å²) in [6.07, 6.45) is -0.932. The van der Waals surface area contributed by atoms with Gasteiger partial charge in [0.05, 0.1) is 19.4 Å². The van der Waals surface area contributed by atoms with Gasteiger partial charge in [0.15, 0.2) is 5.75 Å². The third kappa shape index (κ3) is 7.07. The van der Waals surface area contributed by atoms with E-state index in [0.29, 0.717) is 25.2 Å². The SMILES string of the molecule is CNC=O.COc1cc2c(cc1OO)CC(C)N(C)N=C2c1ccc(N2CCN(CC(F)F)CC2)cc1. The average Bonchev–Trinajstić information content (AvgIpc) is 3.03. The van der Waals surface area contributed by atoms with Crippen molar-refractivity contribution in [2.75, 3.05) is 58.8 Å². The van der Waals surface area contributed by atoms with E-state index in [1.54, 1.807) is 13.1 Å². The Balaban J connectivity index is 0.000000886. The minimum Gasteiger partial charge on any atom is -0.493 e. The van der Waals surface area contributed by atoms with E-state index in [9.17, 15) is 14.0 Å². The molecule has 4 rings (SSSR count). The largest absolute Gasteiger partial charge is 0.493 e. The summed E-state index contributed by atoms with van der Waals surface area (Å²) in [4.78, 5) is 17.6. The van der Waals surface area contributed by atoms with Crippen LogP contribution in [0.1, 0.15) is 23.6 Å². The van der Waals surface area contributed by atoms with Gasteiger partial charge in [0.1, 0.15) is 0 Å². The average molecular weight is 520 g/mol. The van der Waals surface area contributed by atoms with Gasteiger partial charge in [-0.2, -0.15) is 5.10 Å². The van der Waals surface area contributed by atoms with E-state index in [4.69, 9.17) is 14.6 Å². The summed E-state index contributed by atoms with van der Waals surface area (Å²) in [6.45, 7) is 4.63. The number of fused-ring (bicyclic) bond motifs is 1. The van der Waals surface area contributed by atoms with Gasteiger partial charge in [0.2, 0.25) is 12.2 Å². The van der Waals surface area contributed by atoms with Crippen LogP contribution in [0.3, 0.4) is 0 Å². The number of likely N-dealkylation sites (N-methyl/N-ethyl adjacent to an activating group) is 1. The summed E-state index contributed by atoms with van der Waals surface area (Å²) < 4.78 is 30.7. The number of nitrogens with zero attached hydrogens (tertiary/aromatic N) is 4. The van der Waals surface area contributed by atoms with E-state index in [0.717, 1.165) is 47.6 Å². The van der Waals surface area contributed by atoms with E-state index in [1.165, 1.54) is 7.11 Å². The number of methoxy groups -OCH3 is 1. The van der Waals surface area contributed by atoms with Crippen LogP contribution >= 0.6 is 0 Å². The van der Waals surface area contributed by atoms with Gasteiger partial charge in [-0.15, -0.1) is 0 Å². The number of piperazine rings is 1. The summed E-state index contributed by atoms with van der Waals surface area (Å²) in [5.74, 6) is 0.702. The van der Waals surface area contributed by atoms with E-state index < -0.39 is 6.43 Å². The molecule has 0 spiro atoms. The topological polar surface area (TPSA) is 89.9 Å². The van der Waals surface area contributed by atoms with E-state index in [-0.39, 0.29) is 18.3 Å². The molecule has 0 bridgehead atoms. The van der Waals surface area contributed by atoms with Crippen molar-refractivity contribution in [2.24, 2.45) is 5.10 Å². The van der Waals surface area contributed by atoms with Crippen molar-refractivity contribution in [2.45, 2.75) is 25.8 Å². The minimum absolute atomic E-state index is 0.157. The van der Waals surface area contributed by atoms with Crippen LogP contribution in [0.15, 0.2) is 41.5 Å². The Hall–Kier alpha value is -3.44. The first-order chi connectivity index (χ1) is 17.8. The number of anilines is 1. The molecule has 2 aliphatic heterocycles. The third-order valence-electron chi connectivity index (χ3n) is 6.55. The van der Waals surface area contributed by atoms with Crippen molar-refractivity contribution in [3.8, 4) is 11.5 Å². The molecule has 202 valence electrons. The van der Waals surface area contributed by atoms with Crippen LogP contribution in [0.5, 0.6) is 11.5 Å². The molecule has 1 saturated heterocycles. The zero-order valence-electron chi connectivity index (χ0n) is 21.7. The molecular formula is C26H35F2N5O4. The van der Waals surface area contributed by atoms with Gasteiger partial charge in [0.25, 0.3) is 6.43 Å². The maximum atomic E-state index is 12.6. The molecule has 9 nitrogen and oxygen atoms in total. The molecule has 2 N–H and O–H groups in total. The first-order valence-corrected chi connectivity index (χ1v) is 12.1. The van der Waals surface area contributed by atoms with Gasteiger partial charge in [-0.25, -0.2) is 14.0 Å². The highest BCUT2D eigenvalue weighted by molar-refractivity contribution is 6.14. The lowest BCUT2D eigenvalue weighted by molar-refractivity contribution is -0.139. The lowest BCUT2D eigenvalue weighted by atomic mass is 9.94. The van der Waals surface area contributed by atoms with Gasteiger partial charge in [-0.1, -0.05) is 12.1 Å². The molecule has 0 aliphatic carbocycles. The van der Waals surface area contributed by atoms with E-state index in [2.05, 4.69) is 34.2 Å². The lowest BCUT2D eigenvalue weighted by Crippen LogP contribution is -2.47. The smallest absolute Gasteiger partial charge is 0.251 e. The molecule has 11 heteroatoms. The normalized spacial score (nSPS) is 17.7. The number of carbonyl (C=O) groups excluding carboxylic acids is 1. The number of carbonyl (C=O) groups is 1. The Bertz CT molecular complexity index is 1060. The first-order valence-electron chi connectivity index (χ1n) is 12.1. The predicted octanol–water partition coefficient (Wildman–Crippen LogP) is 2.93. The molecule has 1 amide bonds. The summed E-state index contributed by atoms with van der Waals surface area (Å²) in [5, 5.41) is 18.3. The zero-order chi connectivity index (χ0) is 26.9. The Morgan fingerprint density at radius 2 is 1.81 bits per heavy atom. The van der Waals surface area contributed by atoms with Crippen LogP contribution in [-0.2, 0) is 11.2 Å². The number of hydrogen-bond acceptors (Lipinski definition) is 8. The Morgan fingerprint density at radius 1 is 1.16 bits per heavy atom. The molecule has 0 aromatic heterocycles. The van der Waals surface area contributed by atoms with Gasteiger partial charge < -0.3 is 19.8 Å². The fourth-order valence-electron chi connectivity index (χ4n) is 4.41. The van der Waals surface area contributed by atoms with Crippen LogP contribution < -0.4 is 19.8 Å². The number of halogens is 2. The second kappa shape index (κ2) is 13.2. The van der Waals surface area contributed by atoms with Crippen LogP contribution in [0.2, 0.25) is 0 Å². The number of nitrogens with one attached hydrogen (secondary N) is 1. The Labute approximate surface area is 216 Å². The van der Waals surface area contributed by atoms with Crippen molar-refractivity contribution in [3.05, 3.63) is 53.1 Å². The molecule has 2 aromatic carbocycles. The number of benzene rings is 2. The van der Waals surface area contributed by atoms with E-state index >= 15 is 0 Å². The van der Waals surface area contributed by atoms with Gasteiger partial charge in [-0.3, -0.25) is 14.7 Å². The second-order valence-corrected chi connectivity index (χ2v) is 8.96. The molecule has 2 aromatic rings. The Kier molecular flexibility index (Phi) is 10.0. The van der Waals surface area contributed by atoms with Crippen LogP contribution in [0.25, 0.3) is 0 Å². The molecule has 1 fully saturated rings. The van der Waals surface area contributed by atoms with Crippen LogP contribution in [-0.4, -0.2) is 93.7 Å². The standard InChI is InChI=1S/C24H30F2N4O3.C2H5NO/c1-16-12-18-13-22(33-31)21(32-3)14-20(18)24(27-28(16)2)17-4-6-19(7-5-17)30-10-8-29(9-11-30)15-23(25)26;1-3-2-4/h4-7,13-14,16,23,31H,8-12,15H2,1-3H3;2H,1H3,(H,3,4). The molecule has 2 aliphatic rings. The monoisotopic (exact) mass is 519 g/mol. The Morgan fingerprint density at radius 3 is 2.35 bits per heavy atom. The first kappa shape index (κ1) is 28.1. The van der Waals surface area contributed by atoms with Crippen molar-refractivity contribution >= 4 is 17.8 Å². The fourth-order valence-corrected chi connectivity index (χ4v) is 4.41. The predicted molar refractivity (Wildman–Crippen MR) is 139 cm³/mol. The maximum Gasteiger partial charge on any atom is 0.251 e. The molecule has 1 atom stereocenters. The summed E-state index contributed by atoms with van der Waals surface area (Å²) in [5.41, 5.74) is 4.77. The number of hydrogen-bond donors (Lipinski definition) is 2.